The molecule has 4 atom stereocenters. The zero-order valence-electron chi connectivity index (χ0n) is 12.8. The molecule has 6 heteroatoms. The lowest BCUT2D eigenvalue weighted by molar-refractivity contribution is 0.0126. The van der Waals surface area contributed by atoms with Gasteiger partial charge in [0.1, 0.15) is 4.88 Å². The second kappa shape index (κ2) is 6.02. The van der Waals surface area contributed by atoms with Crippen molar-refractivity contribution in [1.29, 1.82) is 0 Å². The van der Waals surface area contributed by atoms with Crippen LogP contribution in [0.15, 0.2) is 0 Å². The summed E-state index contributed by atoms with van der Waals surface area (Å²) < 4.78 is 5.63. The van der Waals surface area contributed by atoms with Gasteiger partial charge in [-0.25, -0.2) is 4.98 Å². The van der Waals surface area contributed by atoms with Crippen molar-refractivity contribution in [2.75, 3.05) is 20.2 Å². The molecule has 1 aliphatic carbocycles. The molecule has 1 aromatic rings. The molecule has 21 heavy (non-hydrogen) atoms. The normalized spacial score (nSPS) is 32.0. The summed E-state index contributed by atoms with van der Waals surface area (Å²) in [5.41, 5.74) is 0.820. The predicted octanol–water partition coefficient (Wildman–Crippen LogP) is 1.50. The minimum Gasteiger partial charge on any atom is -0.379 e. The summed E-state index contributed by atoms with van der Waals surface area (Å²) >= 11 is 1.46. The van der Waals surface area contributed by atoms with Gasteiger partial charge in [0.2, 0.25) is 0 Å². The zero-order valence-corrected chi connectivity index (χ0v) is 13.6. The number of hydrogen-bond donors (Lipinski definition) is 2. The van der Waals surface area contributed by atoms with Gasteiger partial charge in [-0.05, 0) is 51.6 Å². The standard InChI is InChI=1S/C15H23N3O2S/c1-8-14(21-9(2)17-8)15(19)18-12-4-10-6-16-7-11(10)5-13(12)20-3/h10-13,16H,4-7H2,1-3H3,(H,18,19)/t10-,11+,12-,13-/m0/s1. The number of methoxy groups -OCH3 is 1. The Balaban J connectivity index is 1.70. The third kappa shape index (κ3) is 2.98. The summed E-state index contributed by atoms with van der Waals surface area (Å²) in [6.07, 6.45) is 2.14. The number of amides is 1. The molecular formula is C15H23N3O2S. The van der Waals surface area contributed by atoms with Crippen LogP contribution < -0.4 is 10.6 Å². The molecule has 0 unspecified atom stereocenters. The number of nitrogens with zero attached hydrogens (tertiary/aromatic N) is 1. The topological polar surface area (TPSA) is 63.2 Å². The Morgan fingerprint density at radius 3 is 2.67 bits per heavy atom. The molecule has 1 saturated heterocycles. The first-order valence-corrected chi connectivity index (χ1v) is 8.38. The molecule has 2 N–H and O–H groups in total. The Hall–Kier alpha value is -0.980. The van der Waals surface area contributed by atoms with Gasteiger partial charge in [-0.3, -0.25) is 4.79 Å². The Morgan fingerprint density at radius 1 is 1.33 bits per heavy atom. The number of carbonyl (C=O) groups is 1. The van der Waals surface area contributed by atoms with Crippen molar-refractivity contribution in [3.05, 3.63) is 15.6 Å². The van der Waals surface area contributed by atoms with Crippen molar-refractivity contribution in [2.45, 2.75) is 38.8 Å². The van der Waals surface area contributed by atoms with Crippen LogP contribution in [-0.4, -0.2) is 43.2 Å². The Kier molecular flexibility index (Phi) is 4.28. The number of aromatic nitrogens is 1. The van der Waals surface area contributed by atoms with Crippen LogP contribution in [-0.2, 0) is 4.74 Å². The van der Waals surface area contributed by atoms with Crippen molar-refractivity contribution in [3.8, 4) is 0 Å². The lowest BCUT2D eigenvalue weighted by Gasteiger charge is -2.37. The second-order valence-electron chi connectivity index (χ2n) is 6.15. The molecule has 0 aromatic carbocycles. The highest BCUT2D eigenvalue weighted by molar-refractivity contribution is 7.13. The van der Waals surface area contributed by atoms with Gasteiger partial charge < -0.3 is 15.4 Å². The number of rotatable bonds is 3. The van der Waals surface area contributed by atoms with Crippen molar-refractivity contribution < 1.29 is 9.53 Å². The summed E-state index contributed by atoms with van der Waals surface area (Å²) in [4.78, 5) is 17.6. The number of nitrogens with one attached hydrogen (secondary N) is 2. The van der Waals surface area contributed by atoms with Crippen molar-refractivity contribution in [2.24, 2.45) is 11.8 Å². The fourth-order valence-corrected chi connectivity index (χ4v) is 4.49. The molecule has 0 bridgehead atoms. The summed E-state index contributed by atoms with van der Waals surface area (Å²) in [5.74, 6) is 1.34. The highest BCUT2D eigenvalue weighted by atomic mass is 32.1. The van der Waals surface area contributed by atoms with Gasteiger partial charge in [-0.1, -0.05) is 0 Å². The maximum Gasteiger partial charge on any atom is 0.263 e. The number of aryl methyl sites for hydroxylation is 2. The van der Waals surface area contributed by atoms with Crippen LogP contribution in [0, 0.1) is 25.7 Å². The van der Waals surface area contributed by atoms with Crippen LogP contribution in [0.25, 0.3) is 0 Å². The molecule has 1 aromatic heterocycles. The molecule has 1 aliphatic heterocycles. The molecule has 0 spiro atoms. The largest absolute Gasteiger partial charge is 0.379 e. The van der Waals surface area contributed by atoms with E-state index in [0.29, 0.717) is 11.8 Å². The third-order valence-electron chi connectivity index (χ3n) is 4.75. The van der Waals surface area contributed by atoms with E-state index in [1.807, 2.05) is 13.8 Å². The quantitative estimate of drug-likeness (QED) is 0.888. The van der Waals surface area contributed by atoms with E-state index in [4.69, 9.17) is 4.74 Å². The fraction of sp³-hybridized carbons (Fsp3) is 0.733. The van der Waals surface area contributed by atoms with E-state index < -0.39 is 0 Å². The lowest BCUT2D eigenvalue weighted by atomic mass is 9.77. The number of thiazole rings is 1. The molecule has 3 rings (SSSR count). The first kappa shape index (κ1) is 14.9. The first-order chi connectivity index (χ1) is 10.1. The van der Waals surface area contributed by atoms with E-state index >= 15 is 0 Å². The highest BCUT2D eigenvalue weighted by Gasteiger charge is 2.40. The maximum absolute atomic E-state index is 12.5. The van der Waals surface area contributed by atoms with Crippen LogP contribution in [0.4, 0.5) is 0 Å². The highest BCUT2D eigenvalue weighted by Crippen LogP contribution is 2.34. The average Bonchev–Trinajstić information content (AvgIpc) is 3.03. The molecule has 1 saturated carbocycles. The van der Waals surface area contributed by atoms with E-state index in [2.05, 4.69) is 15.6 Å². The minimum absolute atomic E-state index is 0.00504. The Morgan fingerprint density at radius 2 is 2.05 bits per heavy atom. The van der Waals surface area contributed by atoms with Crippen molar-refractivity contribution in [3.63, 3.8) is 0 Å². The maximum atomic E-state index is 12.5. The van der Waals surface area contributed by atoms with Crippen LogP contribution in [0.1, 0.15) is 33.2 Å². The van der Waals surface area contributed by atoms with Gasteiger partial charge in [0.05, 0.1) is 22.8 Å². The molecule has 5 nitrogen and oxygen atoms in total. The van der Waals surface area contributed by atoms with E-state index in [-0.39, 0.29) is 18.1 Å². The predicted molar refractivity (Wildman–Crippen MR) is 82.7 cm³/mol. The second-order valence-corrected chi connectivity index (χ2v) is 7.35. The minimum atomic E-state index is -0.00504. The van der Waals surface area contributed by atoms with Crippen molar-refractivity contribution >= 4 is 17.2 Å². The fourth-order valence-electron chi connectivity index (χ4n) is 3.67. The lowest BCUT2D eigenvalue weighted by Crippen LogP contribution is -2.50. The molecule has 2 aliphatic rings. The van der Waals surface area contributed by atoms with Gasteiger partial charge >= 0.3 is 0 Å². The Labute approximate surface area is 129 Å². The van der Waals surface area contributed by atoms with E-state index in [1.54, 1.807) is 7.11 Å². The smallest absolute Gasteiger partial charge is 0.263 e. The first-order valence-electron chi connectivity index (χ1n) is 7.57. The molecule has 1 amide bonds. The summed E-state index contributed by atoms with van der Waals surface area (Å²) in [6.45, 7) is 5.97. The Bertz CT molecular complexity index is 531. The van der Waals surface area contributed by atoms with Gasteiger partial charge in [-0.2, -0.15) is 0 Å². The van der Waals surface area contributed by atoms with Crippen LogP contribution >= 0.6 is 11.3 Å². The van der Waals surface area contributed by atoms with E-state index in [9.17, 15) is 4.79 Å². The van der Waals surface area contributed by atoms with Gasteiger partial charge in [-0.15, -0.1) is 11.3 Å². The summed E-state index contributed by atoms with van der Waals surface area (Å²) in [6, 6.07) is 0.102. The number of hydrogen-bond acceptors (Lipinski definition) is 5. The molecule has 116 valence electrons. The van der Waals surface area contributed by atoms with Crippen LogP contribution in [0.3, 0.4) is 0 Å². The van der Waals surface area contributed by atoms with E-state index in [0.717, 1.165) is 41.5 Å². The zero-order chi connectivity index (χ0) is 15.0. The van der Waals surface area contributed by atoms with Gasteiger partial charge in [0, 0.05) is 7.11 Å². The average molecular weight is 309 g/mol. The summed E-state index contributed by atoms with van der Waals surface area (Å²) in [5, 5.41) is 7.57. The van der Waals surface area contributed by atoms with Crippen molar-refractivity contribution in [1.82, 2.24) is 15.6 Å². The summed E-state index contributed by atoms with van der Waals surface area (Å²) in [7, 11) is 1.74. The SMILES string of the molecule is CO[C@H]1C[C@@H]2CNC[C@@H]2C[C@@H]1NC(=O)c1sc(C)nc1C. The molecule has 2 fully saturated rings. The third-order valence-corrected chi connectivity index (χ3v) is 5.82. The monoisotopic (exact) mass is 309 g/mol. The van der Waals surface area contributed by atoms with Crippen LogP contribution in [0.5, 0.6) is 0 Å². The molecule has 2 heterocycles. The van der Waals surface area contributed by atoms with Gasteiger partial charge in [0.15, 0.2) is 0 Å². The molecule has 0 radical (unpaired) electrons. The number of carbonyl (C=O) groups excluding carboxylic acids is 1. The van der Waals surface area contributed by atoms with Gasteiger partial charge in [0.25, 0.3) is 5.91 Å². The van der Waals surface area contributed by atoms with E-state index in [1.165, 1.54) is 11.3 Å². The molecular weight excluding hydrogens is 286 g/mol. The number of ether oxygens (including phenoxy) is 1. The number of fused-ring (bicyclic) bond motifs is 1. The van der Waals surface area contributed by atoms with Crippen LogP contribution in [0.2, 0.25) is 0 Å².